The Morgan fingerprint density at radius 2 is 2.11 bits per heavy atom. The second kappa shape index (κ2) is 4.82. The van der Waals surface area contributed by atoms with Crippen LogP contribution in [0.5, 0.6) is 0 Å². The van der Waals surface area contributed by atoms with Crippen molar-refractivity contribution in [2.24, 2.45) is 0 Å². The summed E-state index contributed by atoms with van der Waals surface area (Å²) in [4.78, 5) is 10.8. The number of nitrogens with zero attached hydrogens (tertiary/aromatic N) is 2. The Morgan fingerprint density at radius 1 is 1.39 bits per heavy atom. The summed E-state index contributed by atoms with van der Waals surface area (Å²) >= 11 is 1.68. The van der Waals surface area contributed by atoms with Crippen molar-refractivity contribution in [3.63, 3.8) is 0 Å². The molecule has 0 fully saturated rings. The lowest BCUT2D eigenvalue weighted by molar-refractivity contribution is 0.0697. The van der Waals surface area contributed by atoms with Crippen LogP contribution in [0.4, 0.5) is 5.82 Å². The van der Waals surface area contributed by atoms with Crippen molar-refractivity contribution in [3.05, 3.63) is 16.8 Å². The average Bonchev–Trinajstić information content (AvgIpc) is 2.63. The third kappa shape index (κ3) is 2.47. The molecule has 0 saturated carbocycles. The number of anilines is 1. The summed E-state index contributed by atoms with van der Waals surface area (Å²) in [6.45, 7) is 8.46. The van der Waals surface area contributed by atoms with Gasteiger partial charge in [-0.05, 0) is 32.8 Å². The van der Waals surface area contributed by atoms with Gasteiger partial charge in [-0.2, -0.15) is 0 Å². The molecule has 2 aromatic rings. The van der Waals surface area contributed by atoms with Gasteiger partial charge in [0.05, 0.1) is 11.0 Å². The van der Waals surface area contributed by atoms with Gasteiger partial charge in [-0.25, -0.2) is 9.97 Å². The molecule has 18 heavy (non-hydrogen) atoms. The third-order valence-electron chi connectivity index (χ3n) is 3.36. The molecule has 98 valence electrons. The average molecular weight is 265 g/mol. The zero-order chi connectivity index (χ0) is 13.3. The van der Waals surface area contributed by atoms with Crippen LogP contribution in [-0.2, 0) is 0 Å². The molecule has 5 heteroatoms. The molecule has 0 aliphatic heterocycles. The van der Waals surface area contributed by atoms with E-state index in [-0.39, 0.29) is 0 Å². The fraction of sp³-hybridized carbons (Fsp3) is 0.538. The highest BCUT2D eigenvalue weighted by Crippen LogP contribution is 2.32. The van der Waals surface area contributed by atoms with Gasteiger partial charge in [0.1, 0.15) is 17.0 Å². The number of hydrogen-bond donors (Lipinski definition) is 2. The predicted octanol–water partition coefficient (Wildman–Crippen LogP) is 2.88. The molecule has 1 unspecified atom stereocenters. The molecule has 4 nitrogen and oxygen atoms in total. The van der Waals surface area contributed by atoms with Crippen LogP contribution in [-0.4, -0.2) is 27.2 Å². The molecule has 0 radical (unpaired) electrons. The van der Waals surface area contributed by atoms with Gasteiger partial charge in [0.15, 0.2) is 0 Å². The molecule has 1 atom stereocenters. The van der Waals surface area contributed by atoms with E-state index in [4.69, 9.17) is 0 Å². The van der Waals surface area contributed by atoms with E-state index in [1.807, 2.05) is 13.8 Å². The monoisotopic (exact) mass is 265 g/mol. The highest BCUT2D eigenvalue weighted by molar-refractivity contribution is 7.18. The second-order valence-electron chi connectivity index (χ2n) is 4.89. The third-order valence-corrected chi connectivity index (χ3v) is 4.48. The summed E-state index contributed by atoms with van der Waals surface area (Å²) < 4.78 is 0. The minimum atomic E-state index is -0.712. The number of aryl methyl sites for hydroxylation is 2. The Hall–Kier alpha value is -1.20. The van der Waals surface area contributed by atoms with E-state index < -0.39 is 5.60 Å². The highest BCUT2D eigenvalue weighted by Gasteiger charge is 2.19. The minimum absolute atomic E-state index is 0.490. The molecular formula is C13H19N3OS. The Bertz CT molecular complexity index is 563. The number of rotatable bonds is 4. The molecule has 2 aromatic heterocycles. The molecule has 0 spiro atoms. The first-order valence-electron chi connectivity index (χ1n) is 6.11. The first kappa shape index (κ1) is 13.2. The maximum absolute atomic E-state index is 10.0. The molecule has 2 rings (SSSR count). The molecule has 0 amide bonds. The van der Waals surface area contributed by atoms with Crippen molar-refractivity contribution in [3.8, 4) is 0 Å². The molecule has 2 N–H and O–H groups in total. The quantitative estimate of drug-likeness (QED) is 0.892. The van der Waals surface area contributed by atoms with Crippen molar-refractivity contribution in [1.82, 2.24) is 9.97 Å². The summed E-state index contributed by atoms with van der Waals surface area (Å²) in [6.07, 6.45) is 2.27. The topological polar surface area (TPSA) is 58.0 Å². The Balaban J connectivity index is 2.34. The van der Waals surface area contributed by atoms with E-state index in [9.17, 15) is 5.11 Å². The molecule has 0 aliphatic carbocycles. The SMILES string of the molecule is CCC(C)(O)CNc1ncnc2sc(C)c(C)c12. The molecular weight excluding hydrogens is 246 g/mol. The lowest BCUT2D eigenvalue weighted by atomic mass is 10.0. The van der Waals surface area contributed by atoms with E-state index in [1.54, 1.807) is 17.7 Å². The van der Waals surface area contributed by atoms with E-state index in [0.29, 0.717) is 13.0 Å². The predicted molar refractivity (Wildman–Crippen MR) is 76.3 cm³/mol. The number of hydrogen-bond acceptors (Lipinski definition) is 5. The van der Waals surface area contributed by atoms with Gasteiger partial charge in [-0.1, -0.05) is 6.92 Å². The van der Waals surface area contributed by atoms with Crippen LogP contribution in [0.1, 0.15) is 30.7 Å². The van der Waals surface area contributed by atoms with Crippen molar-refractivity contribution < 1.29 is 5.11 Å². The van der Waals surface area contributed by atoms with Crippen LogP contribution in [0.3, 0.4) is 0 Å². The van der Waals surface area contributed by atoms with Crippen molar-refractivity contribution >= 4 is 27.4 Å². The first-order chi connectivity index (χ1) is 8.44. The minimum Gasteiger partial charge on any atom is -0.388 e. The number of nitrogens with one attached hydrogen (secondary N) is 1. The summed E-state index contributed by atoms with van der Waals surface area (Å²) in [7, 11) is 0. The van der Waals surface area contributed by atoms with Gasteiger partial charge in [-0.3, -0.25) is 0 Å². The molecule has 0 aromatic carbocycles. The number of aliphatic hydroxyl groups is 1. The van der Waals surface area contributed by atoms with Crippen LogP contribution in [0, 0.1) is 13.8 Å². The normalized spacial score (nSPS) is 14.7. The Labute approximate surface area is 111 Å². The summed E-state index contributed by atoms with van der Waals surface area (Å²) in [5.41, 5.74) is 0.505. The standard InChI is InChI=1S/C13H19N3OS/c1-5-13(4,17)6-14-11-10-8(2)9(3)18-12(10)16-7-15-11/h7,17H,5-6H2,1-4H3,(H,14,15,16). The lowest BCUT2D eigenvalue weighted by Crippen LogP contribution is -2.32. The maximum Gasteiger partial charge on any atom is 0.138 e. The van der Waals surface area contributed by atoms with Crippen molar-refractivity contribution in [1.29, 1.82) is 0 Å². The molecule has 0 saturated heterocycles. The van der Waals surface area contributed by atoms with Gasteiger partial charge >= 0.3 is 0 Å². The van der Waals surface area contributed by atoms with E-state index in [2.05, 4.69) is 29.1 Å². The van der Waals surface area contributed by atoms with Gasteiger partial charge in [0, 0.05) is 11.4 Å². The first-order valence-corrected chi connectivity index (χ1v) is 6.93. The fourth-order valence-electron chi connectivity index (χ4n) is 1.72. The smallest absolute Gasteiger partial charge is 0.138 e. The van der Waals surface area contributed by atoms with Crippen LogP contribution in [0.25, 0.3) is 10.2 Å². The van der Waals surface area contributed by atoms with Gasteiger partial charge in [-0.15, -0.1) is 11.3 Å². The number of fused-ring (bicyclic) bond motifs is 1. The fourth-order valence-corrected chi connectivity index (χ4v) is 2.71. The highest BCUT2D eigenvalue weighted by atomic mass is 32.1. The van der Waals surface area contributed by atoms with Crippen LogP contribution in [0.2, 0.25) is 0 Å². The lowest BCUT2D eigenvalue weighted by Gasteiger charge is -2.22. The van der Waals surface area contributed by atoms with E-state index in [1.165, 1.54) is 10.4 Å². The number of aromatic nitrogens is 2. The number of thiophene rings is 1. The van der Waals surface area contributed by atoms with Crippen LogP contribution >= 0.6 is 11.3 Å². The van der Waals surface area contributed by atoms with Gasteiger partial charge < -0.3 is 10.4 Å². The van der Waals surface area contributed by atoms with Gasteiger partial charge in [0.25, 0.3) is 0 Å². The largest absolute Gasteiger partial charge is 0.388 e. The summed E-state index contributed by atoms with van der Waals surface area (Å²) in [5.74, 6) is 0.815. The second-order valence-corrected chi connectivity index (χ2v) is 6.09. The Kier molecular flexibility index (Phi) is 3.54. The Morgan fingerprint density at radius 3 is 2.78 bits per heavy atom. The van der Waals surface area contributed by atoms with Crippen molar-refractivity contribution in [2.45, 2.75) is 39.7 Å². The molecule has 0 aliphatic rings. The van der Waals surface area contributed by atoms with E-state index >= 15 is 0 Å². The molecule has 2 heterocycles. The summed E-state index contributed by atoms with van der Waals surface area (Å²) in [6, 6.07) is 0. The zero-order valence-electron chi connectivity index (χ0n) is 11.2. The zero-order valence-corrected chi connectivity index (χ0v) is 12.1. The van der Waals surface area contributed by atoms with E-state index in [0.717, 1.165) is 16.0 Å². The van der Waals surface area contributed by atoms with Crippen molar-refractivity contribution in [2.75, 3.05) is 11.9 Å². The summed E-state index contributed by atoms with van der Waals surface area (Å²) in [5, 5.41) is 14.3. The van der Waals surface area contributed by atoms with Gasteiger partial charge in [0.2, 0.25) is 0 Å². The van der Waals surface area contributed by atoms with Crippen LogP contribution < -0.4 is 5.32 Å². The maximum atomic E-state index is 10.0. The van der Waals surface area contributed by atoms with Crippen LogP contribution in [0.15, 0.2) is 6.33 Å². The molecule has 0 bridgehead atoms.